The van der Waals surface area contributed by atoms with Crippen LogP contribution in [-0.2, 0) is 22.3 Å². The fraction of sp³-hybridized carbons (Fsp3) is 0.591. The minimum Gasteiger partial charge on any atom is -0.379 e. The van der Waals surface area contributed by atoms with Crippen molar-refractivity contribution in [3.63, 3.8) is 0 Å². The molecule has 1 aromatic carbocycles. The molecule has 2 aromatic rings. The molecule has 7 heteroatoms. The summed E-state index contributed by atoms with van der Waals surface area (Å²) in [7, 11) is 0. The van der Waals surface area contributed by atoms with E-state index in [0.717, 1.165) is 71.1 Å². The number of fused-ring (bicyclic) bond motifs is 1. The third-order valence-electron chi connectivity index (χ3n) is 5.11. The Labute approximate surface area is 191 Å². The summed E-state index contributed by atoms with van der Waals surface area (Å²) in [4.78, 5) is 8.11. The number of nitrogens with zero attached hydrogens (tertiary/aromatic N) is 1. The number of halogens is 1. The van der Waals surface area contributed by atoms with Crippen LogP contribution in [0.2, 0.25) is 0 Å². The minimum absolute atomic E-state index is 0. The van der Waals surface area contributed by atoms with E-state index in [4.69, 9.17) is 9.47 Å². The van der Waals surface area contributed by atoms with Crippen molar-refractivity contribution < 1.29 is 9.47 Å². The van der Waals surface area contributed by atoms with Crippen molar-refractivity contribution in [3.8, 4) is 0 Å². The third-order valence-corrected chi connectivity index (χ3v) is 5.11. The van der Waals surface area contributed by atoms with Crippen LogP contribution in [0.4, 0.5) is 0 Å². The molecule has 1 fully saturated rings. The highest BCUT2D eigenvalue weighted by molar-refractivity contribution is 14.0. The van der Waals surface area contributed by atoms with Gasteiger partial charge in [0.25, 0.3) is 0 Å². The summed E-state index contributed by atoms with van der Waals surface area (Å²) in [6.45, 7) is 9.06. The first-order valence-corrected chi connectivity index (χ1v) is 10.6. The largest absolute Gasteiger partial charge is 0.379 e. The van der Waals surface area contributed by atoms with Crippen molar-refractivity contribution in [2.24, 2.45) is 4.99 Å². The SMILES string of the molecule is CCNC(=NCCCOC1CCOC1)NCCc1c[nH]c2c(CC)cccc12.I. The molecule has 1 atom stereocenters. The zero-order chi connectivity index (χ0) is 19.6. The van der Waals surface area contributed by atoms with Gasteiger partial charge in [0.1, 0.15) is 0 Å². The van der Waals surface area contributed by atoms with Crippen molar-refractivity contribution in [3.05, 3.63) is 35.5 Å². The van der Waals surface area contributed by atoms with E-state index in [2.05, 4.69) is 58.9 Å². The van der Waals surface area contributed by atoms with E-state index >= 15 is 0 Å². The number of aliphatic imine (C=N–C) groups is 1. The normalized spacial score (nSPS) is 16.8. The van der Waals surface area contributed by atoms with Gasteiger partial charge in [0.05, 0.1) is 12.7 Å². The molecule has 1 unspecified atom stereocenters. The van der Waals surface area contributed by atoms with Gasteiger partial charge in [-0.2, -0.15) is 0 Å². The molecule has 3 rings (SSSR count). The zero-order valence-electron chi connectivity index (χ0n) is 17.6. The van der Waals surface area contributed by atoms with Crippen LogP contribution in [0.3, 0.4) is 0 Å². The first-order chi connectivity index (χ1) is 13.8. The average molecular weight is 514 g/mol. The molecule has 162 valence electrons. The Morgan fingerprint density at radius 3 is 2.93 bits per heavy atom. The summed E-state index contributed by atoms with van der Waals surface area (Å²) in [6.07, 6.45) is 6.36. The summed E-state index contributed by atoms with van der Waals surface area (Å²) < 4.78 is 11.1. The van der Waals surface area contributed by atoms with Crippen molar-refractivity contribution in [1.29, 1.82) is 0 Å². The lowest BCUT2D eigenvalue weighted by Crippen LogP contribution is -2.38. The number of guanidine groups is 1. The van der Waals surface area contributed by atoms with Crippen LogP contribution < -0.4 is 10.6 Å². The Morgan fingerprint density at radius 2 is 2.17 bits per heavy atom. The van der Waals surface area contributed by atoms with Gasteiger partial charge >= 0.3 is 0 Å². The highest BCUT2D eigenvalue weighted by Crippen LogP contribution is 2.22. The van der Waals surface area contributed by atoms with Crippen molar-refractivity contribution >= 4 is 40.8 Å². The average Bonchev–Trinajstić information content (AvgIpc) is 3.37. The second-order valence-corrected chi connectivity index (χ2v) is 7.15. The monoisotopic (exact) mass is 514 g/mol. The fourth-order valence-electron chi connectivity index (χ4n) is 3.58. The molecule has 0 spiro atoms. The number of benzene rings is 1. The molecule has 1 saturated heterocycles. The van der Waals surface area contributed by atoms with E-state index < -0.39 is 0 Å². The first-order valence-electron chi connectivity index (χ1n) is 10.6. The maximum Gasteiger partial charge on any atom is 0.191 e. The van der Waals surface area contributed by atoms with Crippen molar-refractivity contribution in [2.75, 3.05) is 39.5 Å². The number of hydrogen-bond acceptors (Lipinski definition) is 3. The summed E-state index contributed by atoms with van der Waals surface area (Å²) >= 11 is 0. The van der Waals surface area contributed by atoms with Gasteiger partial charge in [0.15, 0.2) is 5.96 Å². The highest BCUT2D eigenvalue weighted by atomic mass is 127. The number of aromatic amines is 1. The molecule has 0 amide bonds. The topological polar surface area (TPSA) is 70.7 Å². The van der Waals surface area contributed by atoms with Crippen LogP contribution in [0.1, 0.15) is 37.8 Å². The summed E-state index contributed by atoms with van der Waals surface area (Å²) in [5, 5.41) is 8.10. The van der Waals surface area contributed by atoms with Gasteiger partial charge in [-0.25, -0.2) is 0 Å². The van der Waals surface area contributed by atoms with Gasteiger partial charge in [0.2, 0.25) is 0 Å². The Morgan fingerprint density at radius 1 is 1.28 bits per heavy atom. The van der Waals surface area contributed by atoms with E-state index in [9.17, 15) is 0 Å². The number of nitrogens with one attached hydrogen (secondary N) is 3. The van der Waals surface area contributed by atoms with E-state index in [0.29, 0.717) is 0 Å². The van der Waals surface area contributed by atoms with E-state index in [1.165, 1.54) is 22.0 Å². The first kappa shape index (κ1) is 24.0. The number of H-pyrrole nitrogens is 1. The lowest BCUT2D eigenvalue weighted by atomic mass is 10.1. The van der Waals surface area contributed by atoms with Crippen LogP contribution in [0.25, 0.3) is 10.9 Å². The van der Waals surface area contributed by atoms with E-state index in [1.807, 2.05) is 0 Å². The van der Waals surface area contributed by atoms with E-state index in [1.54, 1.807) is 0 Å². The second kappa shape index (κ2) is 13.1. The van der Waals surface area contributed by atoms with Gasteiger partial charge in [-0.1, -0.05) is 25.1 Å². The molecule has 3 N–H and O–H groups in total. The minimum atomic E-state index is 0. The number of ether oxygens (including phenoxy) is 2. The summed E-state index contributed by atoms with van der Waals surface area (Å²) in [5.41, 5.74) is 3.99. The number of rotatable bonds is 10. The third kappa shape index (κ3) is 7.15. The van der Waals surface area contributed by atoms with Crippen LogP contribution >= 0.6 is 24.0 Å². The van der Waals surface area contributed by atoms with Crippen molar-refractivity contribution in [2.45, 2.75) is 45.6 Å². The Bertz CT molecular complexity index is 756. The molecule has 0 saturated carbocycles. The lowest BCUT2D eigenvalue weighted by molar-refractivity contribution is 0.0424. The van der Waals surface area contributed by atoms with Gasteiger partial charge in [-0.15, -0.1) is 24.0 Å². The molecule has 29 heavy (non-hydrogen) atoms. The molecule has 1 aliphatic heterocycles. The number of aryl methyl sites for hydroxylation is 1. The summed E-state index contributed by atoms with van der Waals surface area (Å²) in [5.74, 6) is 0.876. The highest BCUT2D eigenvalue weighted by Gasteiger charge is 2.15. The quantitative estimate of drug-likeness (QED) is 0.196. The van der Waals surface area contributed by atoms with Gasteiger partial charge in [-0.05, 0) is 43.7 Å². The molecule has 2 heterocycles. The lowest BCUT2D eigenvalue weighted by Gasteiger charge is -2.12. The van der Waals surface area contributed by atoms with Crippen molar-refractivity contribution in [1.82, 2.24) is 15.6 Å². The Balaban J connectivity index is 0.00000300. The molecular formula is C22H35IN4O2. The van der Waals surface area contributed by atoms with Gasteiger partial charge in [0, 0.05) is 49.9 Å². The maximum absolute atomic E-state index is 5.80. The summed E-state index contributed by atoms with van der Waals surface area (Å²) in [6, 6.07) is 6.55. The van der Waals surface area contributed by atoms with Crippen LogP contribution in [-0.4, -0.2) is 56.5 Å². The predicted molar refractivity (Wildman–Crippen MR) is 131 cm³/mol. The van der Waals surface area contributed by atoms with Crippen LogP contribution in [0.5, 0.6) is 0 Å². The molecule has 6 nitrogen and oxygen atoms in total. The second-order valence-electron chi connectivity index (χ2n) is 7.15. The molecule has 0 aliphatic carbocycles. The molecule has 1 aliphatic rings. The molecular weight excluding hydrogens is 479 g/mol. The number of para-hydroxylation sites is 1. The fourth-order valence-corrected chi connectivity index (χ4v) is 3.58. The molecule has 1 aromatic heterocycles. The Hall–Kier alpha value is -1.32. The van der Waals surface area contributed by atoms with Gasteiger partial charge < -0.3 is 25.1 Å². The standard InChI is InChI=1S/C22H34N4O2.HI/c1-3-17-7-5-8-20-18(15-26-21(17)20)9-12-25-22(23-4-2)24-11-6-13-28-19-10-14-27-16-19;/h5,7-8,15,19,26H,3-4,6,9-14,16H2,1-2H3,(H2,23,24,25);1H. The Kier molecular flexibility index (Phi) is 10.8. The number of aromatic nitrogens is 1. The number of hydrogen-bond donors (Lipinski definition) is 3. The van der Waals surface area contributed by atoms with E-state index in [-0.39, 0.29) is 30.1 Å². The zero-order valence-corrected chi connectivity index (χ0v) is 20.0. The van der Waals surface area contributed by atoms with Gasteiger partial charge in [-0.3, -0.25) is 4.99 Å². The molecule has 0 radical (unpaired) electrons. The van der Waals surface area contributed by atoms with Crippen LogP contribution in [0.15, 0.2) is 29.4 Å². The smallest absolute Gasteiger partial charge is 0.191 e. The predicted octanol–water partition coefficient (Wildman–Crippen LogP) is 3.64. The van der Waals surface area contributed by atoms with Crippen LogP contribution in [0, 0.1) is 0 Å². The maximum atomic E-state index is 5.80. The molecule has 0 bridgehead atoms.